The number of benzene rings is 2. The van der Waals surface area contributed by atoms with Crippen LogP contribution in [0.3, 0.4) is 0 Å². The van der Waals surface area contributed by atoms with Crippen molar-refractivity contribution in [2.24, 2.45) is 5.73 Å². The first kappa shape index (κ1) is 15.6. The number of hydrogen-bond acceptors (Lipinski definition) is 5. The summed E-state index contributed by atoms with van der Waals surface area (Å²) in [6.45, 7) is 0. The number of rotatable bonds is 4. The van der Waals surface area contributed by atoms with Gasteiger partial charge in [0.2, 0.25) is 10.0 Å². The van der Waals surface area contributed by atoms with Crippen molar-refractivity contribution in [2.45, 2.75) is 23.4 Å². The number of sulfonamides is 1. The van der Waals surface area contributed by atoms with Crippen LogP contribution in [0.2, 0.25) is 0 Å². The van der Waals surface area contributed by atoms with E-state index in [4.69, 9.17) is 5.73 Å². The zero-order valence-electron chi connectivity index (χ0n) is 12.0. The van der Waals surface area contributed by atoms with Gasteiger partial charge in [-0.05, 0) is 29.7 Å². The topological polar surface area (TPSA) is 115 Å². The van der Waals surface area contributed by atoms with E-state index in [2.05, 4.69) is 4.72 Å². The molecule has 0 saturated carbocycles. The van der Waals surface area contributed by atoms with Gasteiger partial charge in [-0.1, -0.05) is 24.3 Å². The van der Waals surface area contributed by atoms with Gasteiger partial charge in [0.1, 0.15) is 0 Å². The van der Waals surface area contributed by atoms with Gasteiger partial charge in [-0.25, -0.2) is 13.1 Å². The maximum absolute atomic E-state index is 12.4. The van der Waals surface area contributed by atoms with Crippen LogP contribution in [0.5, 0.6) is 0 Å². The molecule has 0 radical (unpaired) electrons. The summed E-state index contributed by atoms with van der Waals surface area (Å²) in [4.78, 5) is 10.0. The SMILES string of the molecule is N[C@@H]1c2ccccc2C[C@H]1NS(=O)(=O)c1ccc([N+](=O)[O-])cc1. The third kappa shape index (κ3) is 2.96. The number of fused-ring (bicyclic) bond motifs is 1. The highest BCUT2D eigenvalue weighted by Gasteiger charge is 2.32. The molecular formula is C15H15N3O4S. The van der Waals surface area contributed by atoms with E-state index in [1.54, 1.807) is 0 Å². The molecule has 0 aromatic heterocycles. The molecule has 3 rings (SSSR count). The highest BCUT2D eigenvalue weighted by Crippen LogP contribution is 2.30. The largest absolute Gasteiger partial charge is 0.323 e. The van der Waals surface area contributed by atoms with E-state index < -0.39 is 27.0 Å². The van der Waals surface area contributed by atoms with Crippen molar-refractivity contribution >= 4 is 15.7 Å². The fourth-order valence-corrected chi connectivity index (χ4v) is 4.01. The zero-order chi connectivity index (χ0) is 16.6. The van der Waals surface area contributed by atoms with Gasteiger partial charge in [-0.2, -0.15) is 0 Å². The van der Waals surface area contributed by atoms with Gasteiger partial charge in [-0.15, -0.1) is 0 Å². The first-order valence-electron chi connectivity index (χ1n) is 6.98. The Kier molecular flexibility index (Phi) is 3.88. The summed E-state index contributed by atoms with van der Waals surface area (Å²) >= 11 is 0. The molecule has 0 aliphatic heterocycles. The van der Waals surface area contributed by atoms with Crippen LogP contribution in [-0.2, 0) is 16.4 Å². The Balaban J connectivity index is 1.81. The minimum Gasteiger partial charge on any atom is -0.323 e. The van der Waals surface area contributed by atoms with Crippen LogP contribution in [0, 0.1) is 10.1 Å². The Labute approximate surface area is 133 Å². The van der Waals surface area contributed by atoms with Crippen molar-refractivity contribution < 1.29 is 13.3 Å². The molecule has 120 valence electrons. The number of nitrogens with zero attached hydrogens (tertiary/aromatic N) is 1. The van der Waals surface area contributed by atoms with Crippen LogP contribution < -0.4 is 10.5 Å². The molecule has 2 atom stereocenters. The predicted molar refractivity (Wildman–Crippen MR) is 84.3 cm³/mol. The second kappa shape index (κ2) is 5.73. The molecule has 0 spiro atoms. The maximum atomic E-state index is 12.4. The third-order valence-corrected chi connectivity index (χ3v) is 5.46. The Morgan fingerprint density at radius 2 is 1.78 bits per heavy atom. The fourth-order valence-electron chi connectivity index (χ4n) is 2.76. The van der Waals surface area contributed by atoms with Crippen molar-refractivity contribution in [1.29, 1.82) is 0 Å². The molecule has 0 saturated heterocycles. The molecule has 0 unspecified atom stereocenters. The van der Waals surface area contributed by atoms with Gasteiger partial charge in [0.15, 0.2) is 0 Å². The quantitative estimate of drug-likeness (QED) is 0.650. The summed E-state index contributed by atoms with van der Waals surface area (Å²) in [6.07, 6.45) is 0.517. The first-order valence-corrected chi connectivity index (χ1v) is 8.47. The molecule has 1 aliphatic rings. The lowest BCUT2D eigenvalue weighted by Gasteiger charge is -2.18. The summed E-state index contributed by atoms with van der Waals surface area (Å²) in [6, 6.07) is 11.5. The predicted octanol–water partition coefficient (Wildman–Crippen LogP) is 1.50. The monoisotopic (exact) mass is 333 g/mol. The fraction of sp³-hybridized carbons (Fsp3) is 0.200. The van der Waals surface area contributed by atoms with Crippen LogP contribution in [-0.4, -0.2) is 19.4 Å². The van der Waals surface area contributed by atoms with E-state index in [9.17, 15) is 18.5 Å². The molecule has 7 nitrogen and oxygen atoms in total. The Morgan fingerprint density at radius 3 is 2.39 bits per heavy atom. The van der Waals surface area contributed by atoms with Crippen molar-refractivity contribution in [1.82, 2.24) is 4.72 Å². The van der Waals surface area contributed by atoms with E-state index in [0.29, 0.717) is 6.42 Å². The summed E-state index contributed by atoms with van der Waals surface area (Å²) in [5.74, 6) is 0. The average Bonchev–Trinajstić information content (AvgIpc) is 2.83. The summed E-state index contributed by atoms with van der Waals surface area (Å²) in [5.41, 5.74) is 7.92. The second-order valence-electron chi connectivity index (χ2n) is 5.41. The van der Waals surface area contributed by atoms with Crippen molar-refractivity contribution in [3.8, 4) is 0 Å². The molecule has 3 N–H and O–H groups in total. The number of nitrogens with two attached hydrogens (primary N) is 1. The zero-order valence-corrected chi connectivity index (χ0v) is 12.9. The van der Waals surface area contributed by atoms with Crippen molar-refractivity contribution in [3.05, 3.63) is 69.8 Å². The molecular weight excluding hydrogens is 318 g/mol. The smallest absolute Gasteiger partial charge is 0.269 e. The number of non-ortho nitro benzene ring substituents is 1. The lowest BCUT2D eigenvalue weighted by molar-refractivity contribution is -0.384. The first-order chi connectivity index (χ1) is 10.9. The van der Waals surface area contributed by atoms with Gasteiger partial charge in [-0.3, -0.25) is 10.1 Å². The number of nitro groups is 1. The van der Waals surface area contributed by atoms with Crippen LogP contribution >= 0.6 is 0 Å². The van der Waals surface area contributed by atoms with Gasteiger partial charge < -0.3 is 5.73 Å². The molecule has 0 heterocycles. The summed E-state index contributed by atoms with van der Waals surface area (Å²) < 4.78 is 27.5. The standard InChI is InChI=1S/C15H15N3O4S/c16-15-13-4-2-1-3-10(13)9-14(15)17-23(21,22)12-7-5-11(6-8-12)18(19)20/h1-8,14-15,17H,9,16H2/t14-,15-/m1/s1. The molecule has 8 heteroatoms. The van der Waals surface area contributed by atoms with Crippen LogP contribution in [0.4, 0.5) is 5.69 Å². The Hall–Kier alpha value is -2.29. The normalized spacial score (nSPS) is 20.2. The van der Waals surface area contributed by atoms with Gasteiger partial charge in [0.05, 0.1) is 9.82 Å². The number of nitro benzene ring substituents is 1. The summed E-state index contributed by atoms with van der Waals surface area (Å²) in [7, 11) is -3.79. The number of hydrogen-bond donors (Lipinski definition) is 2. The van der Waals surface area contributed by atoms with E-state index in [0.717, 1.165) is 23.3 Å². The number of nitrogens with one attached hydrogen (secondary N) is 1. The van der Waals surface area contributed by atoms with Crippen molar-refractivity contribution in [2.75, 3.05) is 0 Å². The highest BCUT2D eigenvalue weighted by atomic mass is 32.2. The van der Waals surface area contributed by atoms with Crippen molar-refractivity contribution in [3.63, 3.8) is 0 Å². The minimum atomic E-state index is -3.79. The summed E-state index contributed by atoms with van der Waals surface area (Å²) in [5, 5.41) is 10.6. The van der Waals surface area contributed by atoms with Gasteiger partial charge in [0, 0.05) is 24.2 Å². The van der Waals surface area contributed by atoms with Gasteiger partial charge in [0.25, 0.3) is 5.69 Å². The molecule has 1 aliphatic carbocycles. The Morgan fingerprint density at radius 1 is 1.13 bits per heavy atom. The molecule has 0 amide bonds. The van der Waals surface area contributed by atoms with Crippen LogP contribution in [0.25, 0.3) is 0 Å². The Bertz CT molecular complexity index is 849. The third-order valence-electron chi connectivity index (χ3n) is 3.95. The highest BCUT2D eigenvalue weighted by molar-refractivity contribution is 7.89. The van der Waals surface area contributed by atoms with E-state index >= 15 is 0 Å². The molecule has 2 aromatic rings. The molecule has 0 bridgehead atoms. The van der Waals surface area contributed by atoms with E-state index in [-0.39, 0.29) is 10.6 Å². The maximum Gasteiger partial charge on any atom is 0.269 e. The minimum absolute atomic E-state index is 0.0220. The van der Waals surface area contributed by atoms with Crippen LogP contribution in [0.1, 0.15) is 17.2 Å². The lowest BCUT2D eigenvalue weighted by atomic mass is 10.1. The molecule has 2 aromatic carbocycles. The average molecular weight is 333 g/mol. The lowest BCUT2D eigenvalue weighted by Crippen LogP contribution is -2.40. The molecule has 23 heavy (non-hydrogen) atoms. The molecule has 0 fully saturated rings. The van der Waals surface area contributed by atoms with Crippen LogP contribution in [0.15, 0.2) is 53.4 Å². The van der Waals surface area contributed by atoms with Gasteiger partial charge >= 0.3 is 0 Å². The van der Waals surface area contributed by atoms with E-state index in [1.807, 2.05) is 24.3 Å². The second-order valence-corrected chi connectivity index (χ2v) is 7.12. The van der Waals surface area contributed by atoms with E-state index in [1.165, 1.54) is 12.1 Å².